The van der Waals surface area contributed by atoms with Crippen LogP contribution in [0.1, 0.15) is 56.1 Å². The monoisotopic (exact) mass is 328 g/mol. The highest BCUT2D eigenvalue weighted by Crippen LogP contribution is 2.29. The zero-order chi connectivity index (χ0) is 17.1. The van der Waals surface area contributed by atoms with E-state index in [-0.39, 0.29) is 17.7 Å². The van der Waals surface area contributed by atoms with Crippen LogP contribution in [0.25, 0.3) is 0 Å². The highest BCUT2D eigenvalue weighted by atomic mass is 16.2. The summed E-state index contributed by atoms with van der Waals surface area (Å²) < 4.78 is 0. The first-order valence-corrected chi connectivity index (χ1v) is 9.23. The van der Waals surface area contributed by atoms with Crippen LogP contribution in [0.3, 0.4) is 0 Å². The predicted molar refractivity (Wildman–Crippen MR) is 96.0 cm³/mol. The second-order valence-electron chi connectivity index (χ2n) is 7.32. The molecule has 1 aliphatic heterocycles. The molecule has 1 saturated heterocycles. The molecule has 0 bridgehead atoms. The van der Waals surface area contributed by atoms with Gasteiger partial charge in [0.25, 0.3) is 0 Å². The molecule has 3 rings (SSSR count). The van der Waals surface area contributed by atoms with Crippen LogP contribution in [0.2, 0.25) is 0 Å². The fourth-order valence-corrected chi connectivity index (χ4v) is 3.89. The van der Waals surface area contributed by atoms with Crippen LogP contribution in [0.4, 0.5) is 5.69 Å². The first-order chi connectivity index (χ1) is 11.6. The van der Waals surface area contributed by atoms with Crippen LogP contribution >= 0.6 is 0 Å². The summed E-state index contributed by atoms with van der Waals surface area (Å²) in [6.07, 6.45) is 7.42. The lowest BCUT2D eigenvalue weighted by Crippen LogP contribution is -2.39. The van der Waals surface area contributed by atoms with Crippen molar-refractivity contribution in [2.75, 3.05) is 11.4 Å². The smallest absolute Gasteiger partial charge is 0.227 e. The number of nitrogens with one attached hydrogen (secondary N) is 1. The average Bonchev–Trinajstić information content (AvgIpc) is 2.77. The molecule has 1 aromatic carbocycles. The first kappa shape index (κ1) is 17.0. The Morgan fingerprint density at radius 3 is 2.54 bits per heavy atom. The lowest BCUT2D eigenvalue weighted by atomic mass is 10.0. The normalized spacial score (nSPS) is 22.5. The van der Waals surface area contributed by atoms with Crippen molar-refractivity contribution in [1.82, 2.24) is 5.32 Å². The van der Waals surface area contributed by atoms with Gasteiger partial charge in [0.15, 0.2) is 0 Å². The van der Waals surface area contributed by atoms with Gasteiger partial charge in [-0.25, -0.2) is 0 Å². The Morgan fingerprint density at radius 2 is 1.83 bits per heavy atom. The SMILES string of the molecule is Cc1cccc(N2CC(C(=O)NC3CCCCCC3)CC2=O)c1C. The van der Waals surface area contributed by atoms with Gasteiger partial charge in [-0.15, -0.1) is 0 Å². The van der Waals surface area contributed by atoms with Crippen molar-refractivity contribution in [3.63, 3.8) is 0 Å². The van der Waals surface area contributed by atoms with Crippen molar-refractivity contribution in [2.45, 2.75) is 64.8 Å². The number of nitrogens with zero attached hydrogens (tertiary/aromatic N) is 1. The molecule has 1 aromatic rings. The van der Waals surface area contributed by atoms with Crippen LogP contribution in [0.5, 0.6) is 0 Å². The van der Waals surface area contributed by atoms with Crippen LogP contribution in [0, 0.1) is 19.8 Å². The molecule has 1 unspecified atom stereocenters. The molecular formula is C20H28N2O2. The van der Waals surface area contributed by atoms with Crippen molar-refractivity contribution < 1.29 is 9.59 Å². The lowest BCUT2D eigenvalue weighted by Gasteiger charge is -2.21. The fraction of sp³-hybridized carbons (Fsp3) is 0.600. The molecule has 1 N–H and O–H groups in total. The number of aryl methyl sites for hydroxylation is 1. The predicted octanol–water partition coefficient (Wildman–Crippen LogP) is 3.50. The van der Waals surface area contributed by atoms with Gasteiger partial charge in [-0.05, 0) is 43.9 Å². The molecule has 1 aliphatic carbocycles. The van der Waals surface area contributed by atoms with E-state index in [1.54, 1.807) is 4.90 Å². The zero-order valence-corrected chi connectivity index (χ0v) is 14.8. The van der Waals surface area contributed by atoms with Crippen LogP contribution in [-0.2, 0) is 9.59 Å². The number of carbonyl (C=O) groups is 2. The summed E-state index contributed by atoms with van der Waals surface area (Å²) in [5.74, 6) is -0.103. The summed E-state index contributed by atoms with van der Waals surface area (Å²) in [5.41, 5.74) is 3.24. The zero-order valence-electron chi connectivity index (χ0n) is 14.8. The summed E-state index contributed by atoms with van der Waals surface area (Å²) >= 11 is 0. The van der Waals surface area contributed by atoms with Crippen molar-refractivity contribution in [3.8, 4) is 0 Å². The lowest BCUT2D eigenvalue weighted by molar-refractivity contribution is -0.127. The molecule has 4 nitrogen and oxygen atoms in total. The van der Waals surface area contributed by atoms with Crippen LogP contribution in [-0.4, -0.2) is 24.4 Å². The molecule has 0 aromatic heterocycles. The summed E-state index contributed by atoms with van der Waals surface area (Å²) in [6, 6.07) is 6.30. The number of amides is 2. The van der Waals surface area contributed by atoms with Gasteiger partial charge in [-0.2, -0.15) is 0 Å². The van der Waals surface area contributed by atoms with Crippen molar-refractivity contribution in [1.29, 1.82) is 0 Å². The minimum absolute atomic E-state index is 0.0584. The summed E-state index contributed by atoms with van der Waals surface area (Å²) in [5, 5.41) is 3.20. The van der Waals surface area contributed by atoms with Gasteiger partial charge < -0.3 is 10.2 Å². The van der Waals surface area contributed by atoms with Gasteiger partial charge in [0.1, 0.15) is 0 Å². The van der Waals surface area contributed by atoms with Gasteiger partial charge in [0, 0.05) is 24.7 Å². The van der Waals surface area contributed by atoms with Crippen molar-refractivity contribution >= 4 is 17.5 Å². The molecule has 1 saturated carbocycles. The number of hydrogen-bond donors (Lipinski definition) is 1. The Balaban J connectivity index is 1.65. The van der Waals surface area contributed by atoms with Crippen molar-refractivity contribution in [2.24, 2.45) is 5.92 Å². The number of anilines is 1. The minimum Gasteiger partial charge on any atom is -0.353 e. The second kappa shape index (κ2) is 7.37. The largest absolute Gasteiger partial charge is 0.353 e. The highest BCUT2D eigenvalue weighted by molar-refractivity contribution is 6.00. The third-order valence-corrected chi connectivity index (χ3v) is 5.56. The Kier molecular flexibility index (Phi) is 5.22. The molecule has 1 atom stereocenters. The quantitative estimate of drug-likeness (QED) is 0.864. The molecule has 4 heteroatoms. The minimum atomic E-state index is -0.222. The Labute approximate surface area is 144 Å². The summed E-state index contributed by atoms with van der Waals surface area (Å²) in [4.78, 5) is 26.8. The maximum absolute atomic E-state index is 12.6. The number of hydrogen-bond acceptors (Lipinski definition) is 2. The van der Waals surface area contributed by atoms with E-state index in [4.69, 9.17) is 0 Å². The molecule has 130 valence electrons. The molecule has 2 amide bonds. The number of rotatable bonds is 3. The van der Waals surface area contributed by atoms with Crippen LogP contribution in [0.15, 0.2) is 18.2 Å². The molecule has 0 spiro atoms. The van der Waals surface area contributed by atoms with Gasteiger partial charge in [-0.3, -0.25) is 9.59 Å². The molecule has 2 fully saturated rings. The molecular weight excluding hydrogens is 300 g/mol. The molecule has 0 radical (unpaired) electrons. The molecule has 24 heavy (non-hydrogen) atoms. The van der Waals surface area contributed by atoms with E-state index in [2.05, 4.69) is 18.3 Å². The second-order valence-corrected chi connectivity index (χ2v) is 7.32. The summed E-state index contributed by atoms with van der Waals surface area (Å²) in [6.45, 7) is 4.59. The standard InChI is InChI=1S/C20H28N2O2/c1-14-8-7-11-18(15(14)2)22-13-16(12-19(22)23)20(24)21-17-9-5-3-4-6-10-17/h7-8,11,16-17H,3-6,9-10,12-13H2,1-2H3,(H,21,24). The van der Waals surface area contributed by atoms with Gasteiger partial charge >= 0.3 is 0 Å². The van der Waals surface area contributed by atoms with E-state index >= 15 is 0 Å². The van der Waals surface area contributed by atoms with Crippen LogP contribution < -0.4 is 10.2 Å². The third-order valence-electron chi connectivity index (χ3n) is 5.56. The van der Waals surface area contributed by atoms with E-state index < -0.39 is 0 Å². The van der Waals surface area contributed by atoms with E-state index in [0.717, 1.165) is 24.1 Å². The maximum Gasteiger partial charge on any atom is 0.227 e. The van der Waals surface area contributed by atoms with Gasteiger partial charge in [0.05, 0.1) is 5.92 Å². The highest BCUT2D eigenvalue weighted by Gasteiger charge is 2.36. The van der Waals surface area contributed by atoms with E-state index in [1.165, 1.54) is 31.2 Å². The molecule has 2 aliphatic rings. The Morgan fingerprint density at radius 1 is 1.12 bits per heavy atom. The van der Waals surface area contributed by atoms with Crippen molar-refractivity contribution in [3.05, 3.63) is 29.3 Å². The molecule has 1 heterocycles. The summed E-state index contributed by atoms with van der Waals surface area (Å²) in [7, 11) is 0. The van der Waals surface area contributed by atoms with Gasteiger partial charge in [-0.1, -0.05) is 37.8 Å². The Bertz CT molecular complexity index is 618. The van der Waals surface area contributed by atoms with E-state index in [1.807, 2.05) is 19.1 Å². The average molecular weight is 328 g/mol. The Hall–Kier alpha value is -1.84. The fourth-order valence-electron chi connectivity index (χ4n) is 3.89. The van der Waals surface area contributed by atoms with E-state index in [9.17, 15) is 9.59 Å². The first-order valence-electron chi connectivity index (χ1n) is 9.23. The number of carbonyl (C=O) groups excluding carboxylic acids is 2. The number of benzene rings is 1. The maximum atomic E-state index is 12.6. The topological polar surface area (TPSA) is 49.4 Å². The van der Waals surface area contributed by atoms with Gasteiger partial charge in [0.2, 0.25) is 11.8 Å². The third kappa shape index (κ3) is 3.63. The van der Waals surface area contributed by atoms with E-state index in [0.29, 0.717) is 19.0 Å².